The Bertz CT molecular complexity index is 317. The Labute approximate surface area is 123 Å². The molecular weight excluding hydrogens is 340 g/mol. The van der Waals surface area contributed by atoms with Gasteiger partial charge in [-0.2, -0.15) is 0 Å². The second-order valence-corrected chi connectivity index (χ2v) is 9.56. The Morgan fingerprint density at radius 2 is 1.71 bits per heavy atom. The van der Waals surface area contributed by atoms with Gasteiger partial charge in [0.1, 0.15) is 0 Å². The zero-order valence-electron chi connectivity index (χ0n) is 11.6. The van der Waals surface area contributed by atoms with Crippen LogP contribution in [0.1, 0.15) is 53.9 Å². The number of unbranched alkanes of at least 4 members (excludes halogenated alkanes) is 1. The van der Waals surface area contributed by atoms with Gasteiger partial charge in [-0.3, -0.25) is 0 Å². The summed E-state index contributed by atoms with van der Waals surface area (Å²) in [4.78, 5) is 0. The lowest BCUT2D eigenvalue weighted by Crippen LogP contribution is -1.94. The molecular formula is C15H24Br2. The Morgan fingerprint density at radius 1 is 1.18 bits per heavy atom. The van der Waals surface area contributed by atoms with Crippen LogP contribution in [-0.4, -0.2) is 3.23 Å². The van der Waals surface area contributed by atoms with Crippen LogP contribution in [0.4, 0.5) is 0 Å². The van der Waals surface area contributed by atoms with Crippen LogP contribution in [0.5, 0.6) is 0 Å². The molecule has 0 N–H and O–H groups in total. The van der Waals surface area contributed by atoms with Crippen molar-refractivity contribution in [2.75, 3.05) is 0 Å². The van der Waals surface area contributed by atoms with Gasteiger partial charge in [-0.1, -0.05) is 69.0 Å². The smallest absolute Gasteiger partial charge is 0.0816 e. The number of alkyl halides is 2. The SMILES string of the molecule is CC(C)=C/C(C)=C/CCC[C@H]1C(C)(C)C1(Br)Br. The maximum atomic E-state index is 3.78. The highest BCUT2D eigenvalue weighted by atomic mass is 79.9. The Kier molecular flexibility index (Phi) is 5.11. The zero-order chi connectivity index (χ0) is 13.3. The molecule has 0 aromatic carbocycles. The van der Waals surface area contributed by atoms with Crippen molar-refractivity contribution in [1.82, 2.24) is 0 Å². The van der Waals surface area contributed by atoms with Gasteiger partial charge in [-0.25, -0.2) is 0 Å². The second-order valence-electron chi connectivity index (χ2n) is 6.00. The molecule has 0 aromatic rings. The largest absolute Gasteiger partial charge is 0.0893 e. The highest BCUT2D eigenvalue weighted by Crippen LogP contribution is 2.72. The summed E-state index contributed by atoms with van der Waals surface area (Å²) in [5.41, 5.74) is 3.16. The molecule has 0 aliphatic heterocycles. The first-order valence-electron chi connectivity index (χ1n) is 6.39. The van der Waals surface area contributed by atoms with Crippen molar-refractivity contribution in [3.05, 3.63) is 23.3 Å². The van der Waals surface area contributed by atoms with Gasteiger partial charge >= 0.3 is 0 Å². The summed E-state index contributed by atoms with van der Waals surface area (Å²) in [5, 5.41) is 0. The lowest BCUT2D eigenvalue weighted by atomic mass is 10.0. The predicted molar refractivity (Wildman–Crippen MR) is 84.9 cm³/mol. The average Bonchev–Trinajstić information content (AvgIpc) is 2.52. The van der Waals surface area contributed by atoms with E-state index in [-0.39, 0.29) is 3.23 Å². The van der Waals surface area contributed by atoms with E-state index in [4.69, 9.17) is 0 Å². The van der Waals surface area contributed by atoms with Crippen LogP contribution >= 0.6 is 31.9 Å². The van der Waals surface area contributed by atoms with Gasteiger partial charge in [0.2, 0.25) is 0 Å². The Morgan fingerprint density at radius 3 is 2.12 bits per heavy atom. The van der Waals surface area contributed by atoms with Gasteiger partial charge in [0.05, 0.1) is 3.23 Å². The summed E-state index contributed by atoms with van der Waals surface area (Å²) in [6, 6.07) is 0. The first-order valence-corrected chi connectivity index (χ1v) is 7.97. The van der Waals surface area contributed by atoms with E-state index in [1.54, 1.807) is 0 Å². The summed E-state index contributed by atoms with van der Waals surface area (Å²) in [7, 11) is 0. The van der Waals surface area contributed by atoms with Gasteiger partial charge in [-0.05, 0) is 51.4 Å². The van der Waals surface area contributed by atoms with Gasteiger partial charge in [0.25, 0.3) is 0 Å². The molecule has 98 valence electrons. The van der Waals surface area contributed by atoms with Crippen molar-refractivity contribution in [3.63, 3.8) is 0 Å². The third kappa shape index (κ3) is 3.70. The number of hydrogen-bond acceptors (Lipinski definition) is 0. The first-order chi connectivity index (χ1) is 7.69. The highest BCUT2D eigenvalue weighted by molar-refractivity contribution is 9.25. The number of hydrogen-bond donors (Lipinski definition) is 0. The van der Waals surface area contributed by atoms with Crippen LogP contribution in [0.2, 0.25) is 0 Å². The van der Waals surface area contributed by atoms with E-state index in [9.17, 15) is 0 Å². The van der Waals surface area contributed by atoms with E-state index < -0.39 is 0 Å². The molecule has 0 amide bonds. The molecule has 1 fully saturated rings. The monoisotopic (exact) mass is 362 g/mol. The fourth-order valence-electron chi connectivity index (χ4n) is 2.47. The molecule has 0 heterocycles. The van der Waals surface area contributed by atoms with Gasteiger partial charge in [-0.15, -0.1) is 0 Å². The lowest BCUT2D eigenvalue weighted by molar-refractivity contribution is 0.520. The van der Waals surface area contributed by atoms with Crippen LogP contribution in [0, 0.1) is 11.3 Å². The number of rotatable bonds is 5. The maximum absolute atomic E-state index is 3.78. The van der Waals surface area contributed by atoms with E-state index in [0.29, 0.717) is 5.41 Å². The maximum Gasteiger partial charge on any atom is 0.0893 e. The van der Waals surface area contributed by atoms with Crippen molar-refractivity contribution >= 4 is 31.9 Å². The average molecular weight is 364 g/mol. The molecule has 1 atom stereocenters. The molecule has 0 nitrogen and oxygen atoms in total. The standard InChI is InChI=1S/C15H24Br2/c1-11(2)10-12(3)8-6-7-9-13-14(4,5)15(13,16)17/h8,10,13H,6-7,9H2,1-5H3/b12-8+/t13-/m0/s1. The minimum absolute atomic E-state index is 0.186. The van der Waals surface area contributed by atoms with Crippen LogP contribution < -0.4 is 0 Å². The summed E-state index contributed by atoms with van der Waals surface area (Å²) in [6.07, 6.45) is 8.37. The van der Waals surface area contributed by atoms with Crippen molar-refractivity contribution in [1.29, 1.82) is 0 Å². The van der Waals surface area contributed by atoms with E-state index in [1.807, 2.05) is 0 Å². The van der Waals surface area contributed by atoms with Gasteiger partial charge < -0.3 is 0 Å². The molecule has 0 saturated heterocycles. The summed E-state index contributed by atoms with van der Waals surface area (Å²) in [6.45, 7) is 11.1. The minimum atomic E-state index is 0.186. The highest BCUT2D eigenvalue weighted by Gasteiger charge is 2.67. The molecule has 0 aromatic heterocycles. The molecule has 1 aliphatic rings. The summed E-state index contributed by atoms with van der Waals surface area (Å²) in [5.74, 6) is 0.757. The normalized spacial score (nSPS) is 25.6. The van der Waals surface area contributed by atoms with Crippen molar-refractivity contribution in [2.45, 2.75) is 57.1 Å². The molecule has 0 bridgehead atoms. The lowest BCUT2D eigenvalue weighted by Gasteiger charge is -2.01. The predicted octanol–water partition coefficient (Wildman–Crippen LogP) is 6.21. The molecule has 0 spiro atoms. The molecule has 2 heteroatoms. The third-order valence-electron chi connectivity index (χ3n) is 3.76. The minimum Gasteiger partial charge on any atom is -0.0816 e. The second kappa shape index (κ2) is 5.61. The first kappa shape index (κ1) is 15.5. The van der Waals surface area contributed by atoms with E-state index >= 15 is 0 Å². The quantitative estimate of drug-likeness (QED) is 0.309. The van der Waals surface area contributed by atoms with Crippen LogP contribution in [0.25, 0.3) is 0 Å². The van der Waals surface area contributed by atoms with Crippen molar-refractivity contribution < 1.29 is 0 Å². The van der Waals surface area contributed by atoms with E-state index in [1.165, 1.54) is 30.4 Å². The van der Waals surface area contributed by atoms with Crippen molar-refractivity contribution in [3.8, 4) is 0 Å². The Hall–Kier alpha value is 0.440. The molecule has 1 aliphatic carbocycles. The molecule has 0 unspecified atom stereocenters. The van der Waals surface area contributed by atoms with Crippen LogP contribution in [0.3, 0.4) is 0 Å². The van der Waals surface area contributed by atoms with Gasteiger partial charge in [0, 0.05) is 0 Å². The molecule has 1 saturated carbocycles. The summed E-state index contributed by atoms with van der Waals surface area (Å²) >= 11 is 7.56. The molecule has 0 radical (unpaired) electrons. The van der Waals surface area contributed by atoms with Gasteiger partial charge in [0.15, 0.2) is 0 Å². The molecule has 17 heavy (non-hydrogen) atoms. The summed E-state index contributed by atoms with van der Waals surface area (Å²) < 4.78 is 0.186. The number of allylic oxidation sites excluding steroid dienone is 4. The topological polar surface area (TPSA) is 0 Å². The van der Waals surface area contributed by atoms with Crippen LogP contribution in [0.15, 0.2) is 23.3 Å². The Balaban J connectivity index is 2.30. The van der Waals surface area contributed by atoms with Crippen LogP contribution in [-0.2, 0) is 0 Å². The van der Waals surface area contributed by atoms with Crippen molar-refractivity contribution in [2.24, 2.45) is 11.3 Å². The zero-order valence-corrected chi connectivity index (χ0v) is 14.8. The molecule has 1 rings (SSSR count). The van der Waals surface area contributed by atoms with E-state index in [2.05, 4.69) is 78.6 Å². The number of halogens is 2. The fourth-order valence-corrected chi connectivity index (χ4v) is 4.39. The third-order valence-corrected chi connectivity index (χ3v) is 6.91. The fraction of sp³-hybridized carbons (Fsp3) is 0.733. The van der Waals surface area contributed by atoms with E-state index in [0.717, 1.165) is 5.92 Å².